The maximum absolute atomic E-state index is 12.5. The summed E-state index contributed by atoms with van der Waals surface area (Å²) in [7, 11) is 1.50. The fourth-order valence-corrected chi connectivity index (χ4v) is 2.65. The van der Waals surface area contributed by atoms with E-state index in [4.69, 9.17) is 0 Å². The number of urea groups is 1. The van der Waals surface area contributed by atoms with E-state index in [1.54, 1.807) is 13.8 Å². The topological polar surface area (TPSA) is 95.6 Å². The first kappa shape index (κ1) is 14.5. The summed E-state index contributed by atoms with van der Waals surface area (Å²) in [5.41, 5.74) is -2.00. The van der Waals surface area contributed by atoms with Gasteiger partial charge in [0.05, 0.1) is 5.41 Å². The van der Waals surface area contributed by atoms with E-state index >= 15 is 0 Å². The van der Waals surface area contributed by atoms with Gasteiger partial charge in [0, 0.05) is 13.6 Å². The normalized spacial score (nSPS) is 21.6. The van der Waals surface area contributed by atoms with Crippen LogP contribution in [0, 0.1) is 10.8 Å². The maximum atomic E-state index is 12.5. The maximum Gasteiger partial charge on any atom is 0.330 e. The average molecular weight is 281 g/mol. The van der Waals surface area contributed by atoms with Crippen molar-refractivity contribution in [2.45, 2.75) is 33.1 Å². The number of barbiturate groups is 1. The Morgan fingerprint density at radius 3 is 2.40 bits per heavy atom. The van der Waals surface area contributed by atoms with Crippen molar-refractivity contribution in [1.82, 2.24) is 15.5 Å². The second-order valence-electron chi connectivity index (χ2n) is 6.05. The third-order valence-electron chi connectivity index (χ3n) is 4.16. The molecule has 0 atom stereocenters. The predicted octanol–water partition coefficient (Wildman–Crippen LogP) is 0.00730. The van der Waals surface area contributed by atoms with Crippen molar-refractivity contribution in [3.63, 3.8) is 0 Å². The molecule has 2 N–H and O–H groups in total. The fourth-order valence-electron chi connectivity index (χ4n) is 2.65. The Morgan fingerprint density at radius 1 is 1.35 bits per heavy atom. The highest BCUT2D eigenvalue weighted by Crippen LogP contribution is 2.44. The Hall–Kier alpha value is -1.92. The molecule has 5 amide bonds. The highest BCUT2D eigenvalue weighted by molar-refractivity contribution is 6.19. The standard InChI is InChI=1S/C13H19N3O4/c1-12(2,8(17)14-3)7-16-10(19)13(5-4-6-13)9(18)15-11(16)20/h4-7H2,1-3H3,(H,14,17)(H,15,18,20). The summed E-state index contributed by atoms with van der Waals surface area (Å²) >= 11 is 0. The first-order valence-corrected chi connectivity index (χ1v) is 6.64. The number of hydrogen-bond donors (Lipinski definition) is 2. The molecule has 0 unspecified atom stereocenters. The summed E-state index contributed by atoms with van der Waals surface area (Å²) < 4.78 is 0. The molecule has 1 heterocycles. The van der Waals surface area contributed by atoms with E-state index in [-0.39, 0.29) is 12.5 Å². The number of amides is 5. The first-order chi connectivity index (χ1) is 9.24. The van der Waals surface area contributed by atoms with E-state index in [1.807, 2.05) is 0 Å². The SMILES string of the molecule is CNC(=O)C(C)(C)CN1C(=O)NC(=O)C2(CCC2)C1=O. The van der Waals surface area contributed by atoms with Gasteiger partial charge in [-0.3, -0.25) is 24.6 Å². The monoisotopic (exact) mass is 281 g/mol. The molecular formula is C13H19N3O4. The molecule has 0 bridgehead atoms. The molecule has 110 valence electrons. The van der Waals surface area contributed by atoms with E-state index in [2.05, 4.69) is 10.6 Å². The van der Waals surface area contributed by atoms with Crippen molar-refractivity contribution in [2.24, 2.45) is 10.8 Å². The van der Waals surface area contributed by atoms with Gasteiger partial charge in [0.1, 0.15) is 5.41 Å². The van der Waals surface area contributed by atoms with Crippen LogP contribution >= 0.6 is 0 Å². The minimum Gasteiger partial charge on any atom is -0.359 e. The molecule has 0 aromatic heterocycles. The van der Waals surface area contributed by atoms with Gasteiger partial charge in [-0.05, 0) is 26.7 Å². The lowest BCUT2D eigenvalue weighted by molar-refractivity contribution is -0.158. The average Bonchev–Trinajstić information content (AvgIpc) is 2.31. The molecule has 2 aliphatic rings. The lowest BCUT2D eigenvalue weighted by Crippen LogP contribution is -2.67. The Balaban J connectivity index is 2.23. The summed E-state index contributed by atoms with van der Waals surface area (Å²) in [5, 5.41) is 4.73. The van der Waals surface area contributed by atoms with Crippen LogP contribution in [0.15, 0.2) is 0 Å². The summed E-state index contributed by atoms with van der Waals surface area (Å²) in [6, 6.07) is -0.741. The van der Waals surface area contributed by atoms with Crippen LogP contribution in [0.5, 0.6) is 0 Å². The van der Waals surface area contributed by atoms with Crippen LogP contribution in [-0.2, 0) is 14.4 Å². The molecule has 1 aliphatic heterocycles. The molecule has 0 radical (unpaired) electrons. The molecule has 7 nitrogen and oxygen atoms in total. The minimum atomic E-state index is -1.09. The van der Waals surface area contributed by atoms with Crippen LogP contribution in [0.2, 0.25) is 0 Å². The fraction of sp³-hybridized carbons (Fsp3) is 0.692. The molecule has 1 aliphatic carbocycles. The van der Waals surface area contributed by atoms with Gasteiger partial charge in [0.2, 0.25) is 17.7 Å². The molecule has 0 aromatic carbocycles. The molecule has 7 heteroatoms. The second kappa shape index (κ2) is 4.57. The number of hydrogen-bond acceptors (Lipinski definition) is 4. The molecule has 2 fully saturated rings. The van der Waals surface area contributed by atoms with Crippen molar-refractivity contribution in [3.05, 3.63) is 0 Å². The lowest BCUT2D eigenvalue weighted by Gasteiger charge is -2.45. The van der Waals surface area contributed by atoms with Gasteiger partial charge >= 0.3 is 6.03 Å². The molecule has 1 saturated carbocycles. The molecular weight excluding hydrogens is 262 g/mol. The van der Waals surface area contributed by atoms with E-state index in [1.165, 1.54) is 7.05 Å². The zero-order chi connectivity index (χ0) is 15.1. The number of nitrogens with one attached hydrogen (secondary N) is 2. The van der Waals surface area contributed by atoms with E-state index in [9.17, 15) is 19.2 Å². The highest BCUT2D eigenvalue weighted by Gasteiger charge is 2.58. The molecule has 1 spiro atoms. The van der Waals surface area contributed by atoms with Crippen LogP contribution in [-0.4, -0.2) is 42.2 Å². The van der Waals surface area contributed by atoms with Crippen molar-refractivity contribution >= 4 is 23.8 Å². The minimum absolute atomic E-state index is 0.0492. The van der Waals surface area contributed by atoms with Crippen molar-refractivity contribution in [1.29, 1.82) is 0 Å². The van der Waals surface area contributed by atoms with Crippen molar-refractivity contribution in [3.8, 4) is 0 Å². The van der Waals surface area contributed by atoms with Crippen LogP contribution in [0.3, 0.4) is 0 Å². The summed E-state index contributed by atoms with van der Waals surface area (Å²) in [6.07, 6.45) is 1.71. The number of rotatable bonds is 3. The number of imide groups is 2. The quantitative estimate of drug-likeness (QED) is 0.712. The van der Waals surface area contributed by atoms with E-state index < -0.39 is 28.7 Å². The summed E-state index contributed by atoms with van der Waals surface area (Å²) in [4.78, 5) is 49.0. The van der Waals surface area contributed by atoms with Crippen LogP contribution in [0.4, 0.5) is 4.79 Å². The second-order valence-corrected chi connectivity index (χ2v) is 6.05. The van der Waals surface area contributed by atoms with Crippen LogP contribution in [0.1, 0.15) is 33.1 Å². The van der Waals surface area contributed by atoms with Gasteiger partial charge in [0.25, 0.3) is 0 Å². The van der Waals surface area contributed by atoms with Crippen molar-refractivity contribution < 1.29 is 19.2 Å². The zero-order valence-corrected chi connectivity index (χ0v) is 11.9. The van der Waals surface area contributed by atoms with Gasteiger partial charge in [-0.2, -0.15) is 0 Å². The Kier molecular flexibility index (Phi) is 3.31. The lowest BCUT2D eigenvalue weighted by atomic mass is 9.66. The van der Waals surface area contributed by atoms with Gasteiger partial charge < -0.3 is 5.32 Å². The van der Waals surface area contributed by atoms with Gasteiger partial charge in [-0.25, -0.2) is 4.79 Å². The molecule has 0 aromatic rings. The predicted molar refractivity (Wildman–Crippen MR) is 69.4 cm³/mol. The first-order valence-electron chi connectivity index (χ1n) is 6.64. The third-order valence-corrected chi connectivity index (χ3v) is 4.16. The smallest absolute Gasteiger partial charge is 0.330 e. The number of carbonyl (C=O) groups is 4. The molecule has 1 saturated heterocycles. The van der Waals surface area contributed by atoms with Crippen LogP contribution < -0.4 is 10.6 Å². The largest absolute Gasteiger partial charge is 0.359 e. The Labute approximate surface area is 117 Å². The van der Waals surface area contributed by atoms with Crippen LogP contribution in [0.25, 0.3) is 0 Å². The summed E-state index contributed by atoms with van der Waals surface area (Å²) in [6.45, 7) is 3.25. The highest BCUT2D eigenvalue weighted by atomic mass is 16.2. The van der Waals surface area contributed by atoms with E-state index in [0.29, 0.717) is 12.8 Å². The van der Waals surface area contributed by atoms with Gasteiger partial charge in [0.15, 0.2) is 0 Å². The molecule has 2 rings (SSSR count). The van der Waals surface area contributed by atoms with Gasteiger partial charge in [-0.15, -0.1) is 0 Å². The van der Waals surface area contributed by atoms with E-state index in [0.717, 1.165) is 11.3 Å². The Bertz CT molecular complexity index is 494. The van der Waals surface area contributed by atoms with Crippen molar-refractivity contribution in [2.75, 3.05) is 13.6 Å². The zero-order valence-electron chi connectivity index (χ0n) is 11.9. The third kappa shape index (κ3) is 1.97. The summed E-state index contributed by atoms with van der Waals surface area (Å²) in [5.74, 6) is -1.25. The Morgan fingerprint density at radius 2 is 1.95 bits per heavy atom. The number of carbonyl (C=O) groups excluding carboxylic acids is 4. The number of nitrogens with zero attached hydrogens (tertiary/aromatic N) is 1. The molecule has 20 heavy (non-hydrogen) atoms. The van der Waals surface area contributed by atoms with Gasteiger partial charge in [-0.1, -0.05) is 6.42 Å².